The Balaban J connectivity index is 1.59. The maximum atomic E-state index is 13.2. The maximum absolute atomic E-state index is 13.2. The summed E-state index contributed by atoms with van der Waals surface area (Å²) < 4.78 is 12.8. The maximum Gasteiger partial charge on any atom is 0.272 e. The number of nitrogens with one attached hydrogen (secondary N) is 1. The van der Waals surface area contributed by atoms with E-state index in [1.165, 1.54) is 23.1 Å². The first-order valence-electron chi connectivity index (χ1n) is 9.75. The van der Waals surface area contributed by atoms with Crippen LogP contribution in [0.5, 0.6) is 11.5 Å². The van der Waals surface area contributed by atoms with Crippen LogP contribution in [0.15, 0.2) is 69.9 Å². The van der Waals surface area contributed by atoms with Crippen LogP contribution in [0.2, 0.25) is 0 Å². The fraction of sp³-hybridized carbons (Fsp3) is 0.174. The lowest BCUT2D eigenvalue weighted by molar-refractivity contribution is -0.113. The van der Waals surface area contributed by atoms with Gasteiger partial charge >= 0.3 is 0 Å². The zero-order chi connectivity index (χ0) is 22.5. The predicted molar refractivity (Wildman–Crippen MR) is 128 cm³/mol. The van der Waals surface area contributed by atoms with Gasteiger partial charge in [0, 0.05) is 17.3 Å². The highest BCUT2D eigenvalue weighted by Crippen LogP contribution is 2.25. The Morgan fingerprint density at radius 1 is 1.12 bits per heavy atom. The van der Waals surface area contributed by atoms with Crippen LogP contribution < -0.4 is 20.3 Å². The highest BCUT2D eigenvalue weighted by atomic mass is 32.2. The van der Waals surface area contributed by atoms with E-state index in [0.29, 0.717) is 39.1 Å². The molecule has 0 spiro atoms. The molecule has 2 aromatic heterocycles. The van der Waals surface area contributed by atoms with Gasteiger partial charge in [0.1, 0.15) is 16.2 Å². The van der Waals surface area contributed by atoms with E-state index in [0.717, 1.165) is 5.56 Å². The van der Waals surface area contributed by atoms with Crippen molar-refractivity contribution in [3.05, 3.63) is 75.9 Å². The van der Waals surface area contributed by atoms with Crippen molar-refractivity contribution in [3.8, 4) is 11.5 Å². The largest absolute Gasteiger partial charge is 0.497 e. The first-order chi connectivity index (χ1) is 15.6. The molecule has 0 fully saturated rings. The van der Waals surface area contributed by atoms with E-state index in [-0.39, 0.29) is 17.2 Å². The summed E-state index contributed by atoms with van der Waals surface area (Å²) in [6, 6.07) is 16.5. The number of ether oxygens (including phenoxy) is 2. The monoisotopic (exact) mass is 467 g/mol. The Hall–Kier alpha value is -3.30. The average Bonchev–Trinajstić information content (AvgIpc) is 3.29. The lowest BCUT2D eigenvalue weighted by atomic mass is 10.2. The number of methoxy groups -OCH3 is 2. The number of thiophene rings is 1. The molecule has 0 aliphatic heterocycles. The molecule has 32 heavy (non-hydrogen) atoms. The number of fused-ring (bicyclic) bond motifs is 1. The van der Waals surface area contributed by atoms with E-state index >= 15 is 0 Å². The zero-order valence-electron chi connectivity index (χ0n) is 17.5. The molecule has 0 saturated heterocycles. The highest BCUT2D eigenvalue weighted by Gasteiger charge is 2.16. The minimum absolute atomic E-state index is 0.102. The number of anilines is 1. The first kappa shape index (κ1) is 21.9. The summed E-state index contributed by atoms with van der Waals surface area (Å²) in [7, 11) is 3.17. The van der Waals surface area contributed by atoms with Crippen LogP contribution in [0.25, 0.3) is 10.2 Å². The van der Waals surface area contributed by atoms with Crippen molar-refractivity contribution >= 4 is 44.9 Å². The second-order valence-electron chi connectivity index (χ2n) is 6.80. The van der Waals surface area contributed by atoms with Crippen LogP contribution in [0.1, 0.15) is 5.56 Å². The SMILES string of the molecule is COc1cccc(NC(=O)CSc2nc3ccsc3c(=O)n2Cc2ccccc2OC)c1. The molecule has 4 aromatic rings. The summed E-state index contributed by atoms with van der Waals surface area (Å²) in [6.45, 7) is 0.295. The topological polar surface area (TPSA) is 82.5 Å². The van der Waals surface area contributed by atoms with Gasteiger partial charge in [0.05, 0.1) is 32.0 Å². The highest BCUT2D eigenvalue weighted by molar-refractivity contribution is 7.99. The Bertz CT molecular complexity index is 1320. The summed E-state index contributed by atoms with van der Waals surface area (Å²) in [4.78, 5) is 30.4. The molecule has 0 aliphatic carbocycles. The molecule has 2 heterocycles. The van der Waals surface area contributed by atoms with Crippen LogP contribution >= 0.6 is 23.1 Å². The number of benzene rings is 2. The average molecular weight is 468 g/mol. The number of carbonyl (C=O) groups is 1. The van der Waals surface area contributed by atoms with Gasteiger partial charge in [-0.25, -0.2) is 4.98 Å². The van der Waals surface area contributed by atoms with Crippen molar-refractivity contribution in [1.29, 1.82) is 0 Å². The fourth-order valence-corrected chi connectivity index (χ4v) is 4.78. The minimum Gasteiger partial charge on any atom is -0.497 e. The molecule has 0 saturated carbocycles. The normalized spacial score (nSPS) is 10.8. The number of hydrogen-bond donors (Lipinski definition) is 1. The van der Waals surface area contributed by atoms with Crippen LogP contribution in [0, 0.1) is 0 Å². The third-order valence-corrected chi connectivity index (χ3v) is 6.61. The summed E-state index contributed by atoms with van der Waals surface area (Å²) in [5, 5.41) is 5.17. The van der Waals surface area contributed by atoms with E-state index in [1.807, 2.05) is 35.7 Å². The first-order valence-corrected chi connectivity index (χ1v) is 11.6. The number of carbonyl (C=O) groups excluding carboxylic acids is 1. The molecule has 0 aliphatic rings. The molecule has 0 radical (unpaired) electrons. The van der Waals surface area contributed by atoms with Crippen molar-refractivity contribution in [2.45, 2.75) is 11.7 Å². The molecule has 1 amide bonds. The van der Waals surface area contributed by atoms with Gasteiger partial charge in [-0.1, -0.05) is 36.0 Å². The molecule has 4 rings (SSSR count). The Kier molecular flexibility index (Phi) is 6.77. The van der Waals surface area contributed by atoms with Gasteiger partial charge < -0.3 is 14.8 Å². The number of nitrogens with zero attached hydrogens (tertiary/aromatic N) is 2. The number of hydrogen-bond acceptors (Lipinski definition) is 7. The molecule has 7 nitrogen and oxygen atoms in total. The van der Waals surface area contributed by atoms with Gasteiger partial charge in [0.25, 0.3) is 5.56 Å². The van der Waals surface area contributed by atoms with Crippen molar-refractivity contribution in [3.63, 3.8) is 0 Å². The predicted octanol–water partition coefficient (Wildman–Crippen LogP) is 4.25. The number of para-hydroxylation sites is 1. The van der Waals surface area contributed by atoms with E-state index in [2.05, 4.69) is 10.3 Å². The molecule has 9 heteroatoms. The Morgan fingerprint density at radius 2 is 1.97 bits per heavy atom. The van der Waals surface area contributed by atoms with Crippen molar-refractivity contribution in [2.75, 3.05) is 25.3 Å². The fourth-order valence-electron chi connectivity index (χ4n) is 3.20. The number of aromatic nitrogens is 2. The molecule has 0 atom stereocenters. The third kappa shape index (κ3) is 4.79. The summed E-state index contributed by atoms with van der Waals surface area (Å²) in [5.74, 6) is 1.25. The lowest BCUT2D eigenvalue weighted by Gasteiger charge is -2.14. The smallest absolute Gasteiger partial charge is 0.272 e. The Morgan fingerprint density at radius 3 is 2.78 bits per heavy atom. The molecular weight excluding hydrogens is 446 g/mol. The van der Waals surface area contributed by atoms with Gasteiger partial charge in [-0.05, 0) is 29.6 Å². The van der Waals surface area contributed by atoms with Gasteiger partial charge in [-0.2, -0.15) is 0 Å². The van der Waals surface area contributed by atoms with Gasteiger partial charge in [0.2, 0.25) is 5.91 Å². The molecule has 164 valence electrons. The third-order valence-electron chi connectivity index (χ3n) is 4.74. The minimum atomic E-state index is -0.202. The summed E-state index contributed by atoms with van der Waals surface area (Å²) in [5.41, 5.74) is 2.00. The molecule has 0 bridgehead atoms. The van der Waals surface area contributed by atoms with Crippen LogP contribution in [-0.4, -0.2) is 35.4 Å². The van der Waals surface area contributed by atoms with E-state index in [1.54, 1.807) is 43.1 Å². The number of thioether (sulfide) groups is 1. The van der Waals surface area contributed by atoms with Gasteiger partial charge in [-0.15, -0.1) is 11.3 Å². The molecular formula is C23H21N3O4S2. The van der Waals surface area contributed by atoms with Gasteiger partial charge in [0.15, 0.2) is 5.16 Å². The zero-order valence-corrected chi connectivity index (χ0v) is 19.2. The lowest BCUT2D eigenvalue weighted by Crippen LogP contribution is -2.24. The summed E-state index contributed by atoms with van der Waals surface area (Å²) >= 11 is 2.58. The van der Waals surface area contributed by atoms with Gasteiger partial charge in [-0.3, -0.25) is 14.2 Å². The summed E-state index contributed by atoms with van der Waals surface area (Å²) in [6.07, 6.45) is 0. The van der Waals surface area contributed by atoms with Crippen molar-refractivity contribution < 1.29 is 14.3 Å². The van der Waals surface area contributed by atoms with Crippen LogP contribution in [0.3, 0.4) is 0 Å². The molecule has 2 aromatic carbocycles. The van der Waals surface area contributed by atoms with Crippen molar-refractivity contribution in [1.82, 2.24) is 9.55 Å². The number of rotatable bonds is 8. The quantitative estimate of drug-likeness (QED) is 0.308. The van der Waals surface area contributed by atoms with Crippen LogP contribution in [0.4, 0.5) is 5.69 Å². The van der Waals surface area contributed by atoms with Crippen molar-refractivity contribution in [2.24, 2.45) is 0 Å². The standard InChI is InChI=1S/C23H21N3O4S2/c1-29-17-8-5-7-16(12-17)24-20(27)14-32-23-25-18-10-11-31-21(18)22(28)26(23)13-15-6-3-4-9-19(15)30-2/h3-12H,13-14H2,1-2H3,(H,24,27). The molecule has 0 unspecified atom stereocenters. The number of amides is 1. The Labute approximate surface area is 193 Å². The second kappa shape index (κ2) is 9.88. The molecule has 1 N–H and O–H groups in total. The van der Waals surface area contributed by atoms with E-state index < -0.39 is 0 Å². The van der Waals surface area contributed by atoms with E-state index in [4.69, 9.17) is 9.47 Å². The van der Waals surface area contributed by atoms with E-state index in [9.17, 15) is 9.59 Å². The second-order valence-corrected chi connectivity index (χ2v) is 8.66. The van der Waals surface area contributed by atoms with Crippen LogP contribution in [-0.2, 0) is 11.3 Å².